The molecule has 1 saturated carbocycles. The number of anilines is 2. The van der Waals surface area contributed by atoms with Gasteiger partial charge < -0.3 is 15.1 Å². The lowest BCUT2D eigenvalue weighted by Gasteiger charge is -2.33. The Hall–Kier alpha value is -2.29. The van der Waals surface area contributed by atoms with Crippen LogP contribution in [0.5, 0.6) is 0 Å². The molecule has 7 nitrogen and oxygen atoms in total. The number of carbonyl (C=O) groups is 2. The number of nitrogens with one attached hydrogen (secondary N) is 1. The van der Waals surface area contributed by atoms with Gasteiger partial charge in [0.2, 0.25) is 11.8 Å². The van der Waals surface area contributed by atoms with Gasteiger partial charge in [-0.15, -0.1) is 0 Å². The lowest BCUT2D eigenvalue weighted by Crippen LogP contribution is -2.48. The molecular formula is C16H18FN5O2S. The first-order chi connectivity index (χ1) is 12.0. The Bertz CT molecular complexity index is 842. The molecule has 0 spiro atoms. The van der Waals surface area contributed by atoms with Gasteiger partial charge in [0, 0.05) is 39.0 Å². The zero-order valence-electron chi connectivity index (χ0n) is 13.8. The molecule has 1 saturated heterocycles. The number of piperazine rings is 1. The number of halogens is 1. The van der Waals surface area contributed by atoms with Gasteiger partial charge in [0.1, 0.15) is 10.2 Å². The van der Waals surface area contributed by atoms with Crippen LogP contribution in [0.25, 0.3) is 10.2 Å². The lowest BCUT2D eigenvalue weighted by atomic mass is 10.3. The van der Waals surface area contributed by atoms with Crippen LogP contribution >= 0.6 is 11.3 Å². The van der Waals surface area contributed by atoms with E-state index >= 15 is 0 Å². The van der Waals surface area contributed by atoms with E-state index in [1.54, 1.807) is 11.8 Å². The van der Waals surface area contributed by atoms with Crippen molar-refractivity contribution in [1.29, 1.82) is 0 Å². The van der Waals surface area contributed by atoms with E-state index < -0.39 is 5.82 Å². The first kappa shape index (κ1) is 16.2. The van der Waals surface area contributed by atoms with Crippen LogP contribution in [0, 0.1) is 11.7 Å². The molecule has 3 heterocycles. The smallest absolute Gasteiger partial charge is 0.228 e. The minimum Gasteiger partial charge on any atom is -0.345 e. The van der Waals surface area contributed by atoms with E-state index in [9.17, 15) is 14.0 Å². The summed E-state index contributed by atoms with van der Waals surface area (Å²) in [5, 5.41) is 3.48. The number of aromatic nitrogens is 2. The molecule has 132 valence electrons. The fourth-order valence-electron chi connectivity index (χ4n) is 2.87. The molecule has 0 aromatic carbocycles. The first-order valence-electron chi connectivity index (χ1n) is 8.29. The molecule has 2 aliphatic rings. The second kappa shape index (κ2) is 6.21. The summed E-state index contributed by atoms with van der Waals surface area (Å²) >= 11 is 1.32. The third kappa shape index (κ3) is 3.15. The maximum Gasteiger partial charge on any atom is 0.228 e. The number of carbonyl (C=O) groups excluding carboxylic acids is 2. The minimum absolute atomic E-state index is 0.0500. The number of nitrogens with zero attached hydrogens (tertiary/aromatic N) is 4. The van der Waals surface area contributed by atoms with Crippen LogP contribution in [0.1, 0.15) is 19.8 Å². The van der Waals surface area contributed by atoms with Crippen molar-refractivity contribution in [2.24, 2.45) is 5.92 Å². The molecule has 2 amide bonds. The predicted octanol–water partition coefficient (Wildman–Crippen LogP) is 1.85. The maximum atomic E-state index is 14.1. The number of fused-ring (bicyclic) bond motifs is 1. The Morgan fingerprint density at radius 1 is 1.28 bits per heavy atom. The van der Waals surface area contributed by atoms with Crippen molar-refractivity contribution in [2.45, 2.75) is 19.8 Å². The zero-order chi connectivity index (χ0) is 17.6. The van der Waals surface area contributed by atoms with Crippen molar-refractivity contribution in [3.63, 3.8) is 0 Å². The van der Waals surface area contributed by atoms with Crippen LogP contribution in [-0.4, -0.2) is 52.9 Å². The number of rotatable bonds is 3. The highest BCUT2D eigenvalue weighted by Gasteiger charge is 2.31. The predicted molar refractivity (Wildman–Crippen MR) is 93.2 cm³/mol. The summed E-state index contributed by atoms with van der Waals surface area (Å²) in [5.74, 6) is -0.0765. The van der Waals surface area contributed by atoms with Crippen LogP contribution in [0.3, 0.4) is 0 Å². The van der Waals surface area contributed by atoms with E-state index in [1.165, 1.54) is 11.3 Å². The van der Waals surface area contributed by atoms with Crippen LogP contribution in [0.4, 0.5) is 15.3 Å². The quantitative estimate of drug-likeness (QED) is 0.900. The second-order valence-electron chi connectivity index (χ2n) is 6.39. The summed E-state index contributed by atoms with van der Waals surface area (Å²) < 4.78 is 14.7. The molecule has 0 unspecified atom stereocenters. The molecule has 2 aromatic heterocycles. The standard InChI is InChI=1S/C16H18FN5O2S/c1-9(23)21-4-6-22(7-5-21)16-19-12-11(17)8-18-14(13(12)25-16)20-15(24)10-2-3-10/h8,10H,2-7H2,1H3,(H,18,20,24). The Kier molecular flexibility index (Phi) is 4.03. The number of thiazole rings is 1. The Balaban J connectivity index is 1.59. The molecule has 9 heteroatoms. The van der Waals surface area contributed by atoms with Crippen molar-refractivity contribution in [3.8, 4) is 0 Å². The summed E-state index contributed by atoms with van der Waals surface area (Å²) in [6.07, 6.45) is 2.89. The Morgan fingerprint density at radius 2 is 2.00 bits per heavy atom. The fraction of sp³-hybridized carbons (Fsp3) is 0.500. The summed E-state index contributed by atoms with van der Waals surface area (Å²) in [5.41, 5.74) is 0.232. The molecule has 0 atom stereocenters. The Labute approximate surface area is 147 Å². The van der Waals surface area contributed by atoms with Crippen LogP contribution in [-0.2, 0) is 9.59 Å². The number of hydrogen-bond acceptors (Lipinski definition) is 6. The van der Waals surface area contributed by atoms with Gasteiger partial charge in [-0.2, -0.15) is 0 Å². The van der Waals surface area contributed by atoms with E-state index in [-0.39, 0.29) is 23.2 Å². The summed E-state index contributed by atoms with van der Waals surface area (Å²) in [6.45, 7) is 4.11. The molecule has 1 N–H and O–H groups in total. The highest BCUT2D eigenvalue weighted by atomic mass is 32.1. The van der Waals surface area contributed by atoms with Crippen LogP contribution in [0.2, 0.25) is 0 Å². The van der Waals surface area contributed by atoms with Crippen LogP contribution in [0.15, 0.2) is 6.20 Å². The molecule has 2 aromatic rings. The zero-order valence-corrected chi connectivity index (χ0v) is 14.6. The Morgan fingerprint density at radius 3 is 2.64 bits per heavy atom. The number of hydrogen-bond donors (Lipinski definition) is 1. The highest BCUT2D eigenvalue weighted by Crippen LogP contribution is 2.36. The third-order valence-electron chi connectivity index (χ3n) is 4.55. The minimum atomic E-state index is -0.496. The lowest BCUT2D eigenvalue weighted by molar-refractivity contribution is -0.129. The van der Waals surface area contributed by atoms with Crippen molar-refractivity contribution in [2.75, 3.05) is 36.4 Å². The number of amides is 2. The topological polar surface area (TPSA) is 78.4 Å². The second-order valence-corrected chi connectivity index (χ2v) is 7.36. The molecule has 0 bridgehead atoms. The first-order valence-corrected chi connectivity index (χ1v) is 9.11. The van der Waals surface area contributed by atoms with E-state index in [0.717, 1.165) is 19.0 Å². The van der Waals surface area contributed by atoms with Gasteiger partial charge in [-0.3, -0.25) is 9.59 Å². The highest BCUT2D eigenvalue weighted by molar-refractivity contribution is 7.22. The van der Waals surface area contributed by atoms with Crippen molar-refractivity contribution >= 4 is 44.3 Å². The normalized spacial score (nSPS) is 17.8. The summed E-state index contributed by atoms with van der Waals surface area (Å²) in [6, 6.07) is 0. The van der Waals surface area contributed by atoms with Gasteiger partial charge in [0.15, 0.2) is 16.8 Å². The van der Waals surface area contributed by atoms with Gasteiger partial charge in [0.25, 0.3) is 0 Å². The van der Waals surface area contributed by atoms with Crippen molar-refractivity contribution < 1.29 is 14.0 Å². The van der Waals surface area contributed by atoms with E-state index in [0.29, 0.717) is 41.8 Å². The number of pyridine rings is 1. The SMILES string of the molecule is CC(=O)N1CCN(c2nc3c(F)cnc(NC(=O)C4CC4)c3s2)CC1. The van der Waals surface area contributed by atoms with Crippen molar-refractivity contribution in [3.05, 3.63) is 12.0 Å². The average molecular weight is 363 g/mol. The van der Waals surface area contributed by atoms with E-state index in [1.807, 2.05) is 4.90 Å². The van der Waals surface area contributed by atoms with Gasteiger partial charge in [0.05, 0.1) is 6.20 Å². The molecular weight excluding hydrogens is 345 g/mol. The average Bonchev–Trinajstić information content (AvgIpc) is 3.36. The van der Waals surface area contributed by atoms with Gasteiger partial charge in [-0.25, -0.2) is 14.4 Å². The van der Waals surface area contributed by atoms with Crippen LogP contribution < -0.4 is 10.2 Å². The van der Waals surface area contributed by atoms with Gasteiger partial charge in [-0.1, -0.05) is 11.3 Å². The van der Waals surface area contributed by atoms with Gasteiger partial charge in [-0.05, 0) is 12.8 Å². The molecule has 2 fully saturated rings. The van der Waals surface area contributed by atoms with E-state index in [4.69, 9.17) is 0 Å². The monoisotopic (exact) mass is 363 g/mol. The van der Waals surface area contributed by atoms with Crippen molar-refractivity contribution in [1.82, 2.24) is 14.9 Å². The fourth-order valence-corrected chi connectivity index (χ4v) is 3.94. The summed E-state index contributed by atoms with van der Waals surface area (Å²) in [4.78, 5) is 35.7. The molecule has 0 radical (unpaired) electrons. The third-order valence-corrected chi connectivity index (χ3v) is 5.67. The van der Waals surface area contributed by atoms with Gasteiger partial charge >= 0.3 is 0 Å². The summed E-state index contributed by atoms with van der Waals surface area (Å²) in [7, 11) is 0. The molecule has 4 rings (SSSR count). The molecule has 1 aliphatic carbocycles. The van der Waals surface area contributed by atoms with E-state index in [2.05, 4.69) is 15.3 Å². The molecule has 1 aliphatic heterocycles. The largest absolute Gasteiger partial charge is 0.345 e. The molecule has 25 heavy (non-hydrogen) atoms. The maximum absolute atomic E-state index is 14.1.